The average molecular weight is 263 g/mol. The molecular formula is C13H14FN3S. The van der Waals surface area contributed by atoms with E-state index in [9.17, 15) is 4.39 Å². The summed E-state index contributed by atoms with van der Waals surface area (Å²) in [5, 5.41) is 13.4. The van der Waals surface area contributed by atoms with Crippen LogP contribution in [0.25, 0.3) is 10.6 Å². The van der Waals surface area contributed by atoms with Crippen LogP contribution in [0.1, 0.15) is 25.7 Å². The van der Waals surface area contributed by atoms with Gasteiger partial charge in [0.05, 0.1) is 0 Å². The van der Waals surface area contributed by atoms with Crippen molar-refractivity contribution in [3.05, 3.63) is 30.1 Å². The van der Waals surface area contributed by atoms with Crippen LogP contribution in [-0.4, -0.2) is 16.2 Å². The summed E-state index contributed by atoms with van der Waals surface area (Å²) >= 11 is 1.52. The zero-order valence-corrected chi connectivity index (χ0v) is 10.7. The molecule has 5 heteroatoms. The zero-order valence-electron chi connectivity index (χ0n) is 9.90. The van der Waals surface area contributed by atoms with Gasteiger partial charge in [0.25, 0.3) is 0 Å². The number of aromatic nitrogens is 2. The molecule has 0 atom stereocenters. The maximum atomic E-state index is 12.8. The van der Waals surface area contributed by atoms with Crippen molar-refractivity contribution in [1.29, 1.82) is 0 Å². The molecule has 3 rings (SSSR count). The van der Waals surface area contributed by atoms with E-state index in [1.807, 2.05) is 0 Å². The number of hydrogen-bond acceptors (Lipinski definition) is 4. The van der Waals surface area contributed by atoms with Gasteiger partial charge >= 0.3 is 0 Å². The molecule has 1 heterocycles. The Morgan fingerprint density at radius 2 is 1.83 bits per heavy atom. The smallest absolute Gasteiger partial charge is 0.206 e. The number of benzene rings is 1. The molecule has 1 saturated carbocycles. The maximum Gasteiger partial charge on any atom is 0.206 e. The molecule has 1 aromatic carbocycles. The molecule has 0 bridgehead atoms. The van der Waals surface area contributed by atoms with Gasteiger partial charge in [-0.2, -0.15) is 0 Å². The van der Waals surface area contributed by atoms with Crippen LogP contribution in [0, 0.1) is 5.82 Å². The zero-order chi connectivity index (χ0) is 12.4. The van der Waals surface area contributed by atoms with Crippen LogP contribution in [-0.2, 0) is 0 Å². The highest BCUT2D eigenvalue weighted by Crippen LogP contribution is 2.29. The van der Waals surface area contributed by atoms with Crippen LogP contribution in [0.3, 0.4) is 0 Å². The number of halogens is 1. The summed E-state index contributed by atoms with van der Waals surface area (Å²) in [6.07, 6.45) is 5.01. The SMILES string of the molecule is Fc1ccc(-c2nnc(NC3CCCC3)s2)cc1. The fourth-order valence-electron chi connectivity index (χ4n) is 2.24. The molecule has 94 valence electrons. The van der Waals surface area contributed by atoms with Crippen LogP contribution >= 0.6 is 11.3 Å². The van der Waals surface area contributed by atoms with Crippen LogP contribution in [0.15, 0.2) is 24.3 Å². The van der Waals surface area contributed by atoms with Gasteiger partial charge in [-0.05, 0) is 37.1 Å². The Kier molecular flexibility index (Phi) is 3.23. The van der Waals surface area contributed by atoms with Gasteiger partial charge in [-0.3, -0.25) is 0 Å². The first-order valence-corrected chi connectivity index (χ1v) is 6.99. The lowest BCUT2D eigenvalue weighted by Crippen LogP contribution is -2.13. The lowest BCUT2D eigenvalue weighted by molar-refractivity contribution is 0.628. The third-order valence-corrected chi connectivity index (χ3v) is 4.10. The van der Waals surface area contributed by atoms with Crippen molar-refractivity contribution in [2.45, 2.75) is 31.7 Å². The van der Waals surface area contributed by atoms with Crippen LogP contribution in [0.5, 0.6) is 0 Å². The summed E-state index contributed by atoms with van der Waals surface area (Å²) in [4.78, 5) is 0. The summed E-state index contributed by atoms with van der Waals surface area (Å²) in [7, 11) is 0. The third kappa shape index (κ3) is 2.51. The van der Waals surface area contributed by atoms with Gasteiger partial charge in [-0.1, -0.05) is 24.2 Å². The largest absolute Gasteiger partial charge is 0.357 e. The minimum absolute atomic E-state index is 0.229. The number of rotatable bonds is 3. The highest BCUT2D eigenvalue weighted by molar-refractivity contribution is 7.18. The maximum absolute atomic E-state index is 12.8. The second kappa shape index (κ2) is 5.02. The highest BCUT2D eigenvalue weighted by atomic mass is 32.1. The standard InChI is InChI=1S/C13H14FN3S/c14-10-7-5-9(6-8-10)12-16-17-13(18-12)15-11-3-1-2-4-11/h5-8,11H,1-4H2,(H,15,17). The summed E-state index contributed by atoms with van der Waals surface area (Å²) in [5.74, 6) is -0.229. The van der Waals surface area contributed by atoms with E-state index in [1.54, 1.807) is 12.1 Å². The van der Waals surface area contributed by atoms with Gasteiger partial charge in [0.1, 0.15) is 10.8 Å². The molecule has 0 saturated heterocycles. The van der Waals surface area contributed by atoms with E-state index in [2.05, 4.69) is 15.5 Å². The predicted octanol–water partition coefficient (Wildman–Crippen LogP) is 3.70. The van der Waals surface area contributed by atoms with Crippen molar-refractivity contribution in [3.8, 4) is 10.6 Å². The first-order chi connectivity index (χ1) is 8.81. The second-order valence-electron chi connectivity index (χ2n) is 4.54. The summed E-state index contributed by atoms with van der Waals surface area (Å²) in [5.41, 5.74) is 0.911. The Hall–Kier alpha value is -1.49. The summed E-state index contributed by atoms with van der Waals surface area (Å²) < 4.78 is 12.8. The molecule has 2 aromatic rings. The summed E-state index contributed by atoms with van der Waals surface area (Å²) in [6.45, 7) is 0. The van der Waals surface area contributed by atoms with E-state index in [1.165, 1.54) is 49.2 Å². The molecule has 1 aromatic heterocycles. The normalized spacial score (nSPS) is 16.1. The second-order valence-corrected chi connectivity index (χ2v) is 5.52. The van der Waals surface area contributed by atoms with Crippen LogP contribution in [0.4, 0.5) is 9.52 Å². The minimum Gasteiger partial charge on any atom is -0.357 e. The number of anilines is 1. The third-order valence-electron chi connectivity index (χ3n) is 3.20. The average Bonchev–Trinajstić information content (AvgIpc) is 3.02. The van der Waals surface area contributed by atoms with Crippen molar-refractivity contribution in [2.24, 2.45) is 0 Å². The van der Waals surface area contributed by atoms with Gasteiger partial charge in [0.2, 0.25) is 5.13 Å². The van der Waals surface area contributed by atoms with Gasteiger partial charge in [-0.15, -0.1) is 10.2 Å². The Balaban J connectivity index is 1.74. The fourth-order valence-corrected chi connectivity index (χ4v) is 3.06. The lowest BCUT2D eigenvalue weighted by Gasteiger charge is -2.08. The molecule has 1 aliphatic carbocycles. The molecule has 3 nitrogen and oxygen atoms in total. The summed E-state index contributed by atoms with van der Waals surface area (Å²) in [6, 6.07) is 6.89. The first-order valence-electron chi connectivity index (χ1n) is 6.17. The van der Waals surface area contributed by atoms with E-state index in [0.29, 0.717) is 6.04 Å². The Bertz CT molecular complexity index is 517. The van der Waals surface area contributed by atoms with Crippen molar-refractivity contribution in [3.63, 3.8) is 0 Å². The van der Waals surface area contributed by atoms with Crippen molar-refractivity contribution < 1.29 is 4.39 Å². The van der Waals surface area contributed by atoms with Crippen LogP contribution < -0.4 is 5.32 Å². The molecule has 1 fully saturated rings. The van der Waals surface area contributed by atoms with E-state index >= 15 is 0 Å². The molecular weight excluding hydrogens is 249 g/mol. The fraction of sp³-hybridized carbons (Fsp3) is 0.385. The van der Waals surface area contributed by atoms with Crippen molar-refractivity contribution >= 4 is 16.5 Å². The Morgan fingerprint density at radius 3 is 2.56 bits per heavy atom. The molecule has 1 N–H and O–H groups in total. The Morgan fingerprint density at radius 1 is 1.11 bits per heavy atom. The monoisotopic (exact) mass is 263 g/mol. The Labute approximate surface area is 109 Å². The molecule has 18 heavy (non-hydrogen) atoms. The van der Waals surface area contributed by atoms with E-state index in [4.69, 9.17) is 0 Å². The lowest BCUT2D eigenvalue weighted by atomic mass is 10.2. The van der Waals surface area contributed by atoms with Crippen molar-refractivity contribution in [1.82, 2.24) is 10.2 Å². The molecule has 1 aliphatic rings. The van der Waals surface area contributed by atoms with Gasteiger partial charge in [0, 0.05) is 11.6 Å². The quantitative estimate of drug-likeness (QED) is 0.917. The molecule has 0 aliphatic heterocycles. The van der Waals surface area contributed by atoms with Gasteiger partial charge in [-0.25, -0.2) is 4.39 Å². The number of hydrogen-bond donors (Lipinski definition) is 1. The predicted molar refractivity (Wildman–Crippen MR) is 71.2 cm³/mol. The van der Waals surface area contributed by atoms with E-state index in [0.717, 1.165) is 15.7 Å². The molecule has 0 spiro atoms. The highest BCUT2D eigenvalue weighted by Gasteiger charge is 2.16. The molecule has 0 amide bonds. The van der Waals surface area contributed by atoms with Gasteiger partial charge < -0.3 is 5.32 Å². The topological polar surface area (TPSA) is 37.8 Å². The van der Waals surface area contributed by atoms with E-state index in [-0.39, 0.29) is 5.82 Å². The van der Waals surface area contributed by atoms with E-state index < -0.39 is 0 Å². The van der Waals surface area contributed by atoms with Crippen molar-refractivity contribution in [2.75, 3.05) is 5.32 Å². The van der Waals surface area contributed by atoms with Gasteiger partial charge in [0.15, 0.2) is 0 Å². The molecule has 0 radical (unpaired) electrons. The first kappa shape index (κ1) is 11.6. The number of nitrogens with zero attached hydrogens (tertiary/aromatic N) is 2. The number of nitrogens with one attached hydrogen (secondary N) is 1. The minimum atomic E-state index is -0.229. The van der Waals surface area contributed by atoms with Crippen LogP contribution in [0.2, 0.25) is 0 Å². The molecule has 0 unspecified atom stereocenters.